The predicted octanol–water partition coefficient (Wildman–Crippen LogP) is 21.7. The van der Waals surface area contributed by atoms with E-state index in [9.17, 15) is 14.4 Å². The summed E-state index contributed by atoms with van der Waals surface area (Å²) in [5, 5.41) is 0. The summed E-state index contributed by atoms with van der Waals surface area (Å²) in [4.78, 5) is 38.3. The molecule has 0 bridgehead atoms. The summed E-state index contributed by atoms with van der Waals surface area (Å²) in [6, 6.07) is 0. The summed E-state index contributed by atoms with van der Waals surface area (Å²) >= 11 is 0. The van der Waals surface area contributed by atoms with Gasteiger partial charge in [0.1, 0.15) is 13.2 Å². The molecule has 1 atom stereocenters. The third kappa shape index (κ3) is 58.9. The zero-order chi connectivity index (χ0) is 51.4. The van der Waals surface area contributed by atoms with Crippen LogP contribution in [0.3, 0.4) is 0 Å². The van der Waals surface area contributed by atoms with Crippen molar-refractivity contribution in [1.82, 2.24) is 0 Å². The van der Waals surface area contributed by atoms with Gasteiger partial charge in [0.05, 0.1) is 0 Å². The minimum absolute atomic E-state index is 0.0634. The molecule has 0 heterocycles. The molecule has 71 heavy (non-hydrogen) atoms. The van der Waals surface area contributed by atoms with Gasteiger partial charge in [-0.3, -0.25) is 14.4 Å². The van der Waals surface area contributed by atoms with Crippen LogP contribution in [-0.2, 0) is 28.6 Å². The molecule has 0 aromatic carbocycles. The van der Waals surface area contributed by atoms with Crippen LogP contribution in [0.1, 0.15) is 367 Å². The third-order valence-electron chi connectivity index (χ3n) is 14.8. The molecular formula is C65H124O6. The summed E-state index contributed by atoms with van der Waals surface area (Å²) < 4.78 is 17.0. The van der Waals surface area contributed by atoms with Gasteiger partial charge in [0.25, 0.3) is 0 Å². The fraction of sp³-hybridized carbons (Fsp3) is 0.923. The minimum Gasteiger partial charge on any atom is -0.462 e. The summed E-state index contributed by atoms with van der Waals surface area (Å²) in [5.74, 6) is -0.832. The van der Waals surface area contributed by atoms with E-state index in [2.05, 4.69) is 32.9 Å². The lowest BCUT2D eigenvalue weighted by Crippen LogP contribution is -2.30. The van der Waals surface area contributed by atoms with E-state index in [1.165, 1.54) is 270 Å². The Kier molecular flexibility index (Phi) is 59.1. The van der Waals surface area contributed by atoms with Gasteiger partial charge < -0.3 is 14.2 Å². The van der Waals surface area contributed by atoms with Crippen molar-refractivity contribution in [2.24, 2.45) is 0 Å². The van der Waals surface area contributed by atoms with E-state index in [1.54, 1.807) is 0 Å². The van der Waals surface area contributed by atoms with Gasteiger partial charge in [-0.05, 0) is 44.9 Å². The number of hydrogen-bond acceptors (Lipinski definition) is 6. The van der Waals surface area contributed by atoms with E-state index < -0.39 is 6.10 Å². The van der Waals surface area contributed by atoms with Crippen molar-refractivity contribution < 1.29 is 28.6 Å². The molecule has 6 heteroatoms. The SMILES string of the molecule is CCCCCCCC/C=C\CCCCCCCCCCCCCC(=O)O[C@@H](COC(=O)CCCCCCCCCCCCCCCCC)COC(=O)CCCCCCCCCCCCCCCCCCC. The molecule has 0 saturated heterocycles. The summed E-state index contributed by atoms with van der Waals surface area (Å²) in [7, 11) is 0. The average Bonchev–Trinajstić information content (AvgIpc) is 3.37. The van der Waals surface area contributed by atoms with Crippen LogP contribution in [0.5, 0.6) is 0 Å². The van der Waals surface area contributed by atoms with E-state index in [0.29, 0.717) is 19.3 Å². The second-order valence-electron chi connectivity index (χ2n) is 22.0. The first-order valence-corrected chi connectivity index (χ1v) is 32.2. The quantitative estimate of drug-likeness (QED) is 0.0261. The van der Waals surface area contributed by atoms with E-state index in [0.717, 1.165) is 57.8 Å². The van der Waals surface area contributed by atoms with Crippen LogP contribution in [0, 0.1) is 0 Å². The van der Waals surface area contributed by atoms with Crippen molar-refractivity contribution in [1.29, 1.82) is 0 Å². The maximum atomic E-state index is 12.9. The molecule has 0 rings (SSSR count). The number of ether oxygens (including phenoxy) is 3. The van der Waals surface area contributed by atoms with Gasteiger partial charge in [-0.2, -0.15) is 0 Å². The Morgan fingerprint density at radius 3 is 0.704 bits per heavy atom. The standard InChI is InChI=1S/C65H124O6/c1-4-7-10-13-16-19-22-25-28-30-31-32-33-35-38-41-44-47-50-53-56-59-65(68)71-62(60-69-63(66)57-54-51-48-45-42-39-36-27-24-21-18-15-12-9-6-3)61-70-64(67)58-55-52-49-46-43-40-37-34-29-26-23-20-17-14-11-8-5-2/h25,28,62H,4-24,26-27,29-61H2,1-3H3/b28-25-/t62-/m0/s1. The minimum atomic E-state index is -0.765. The van der Waals surface area contributed by atoms with E-state index in [1.807, 2.05) is 0 Å². The number of rotatable bonds is 60. The number of carbonyl (C=O) groups is 3. The van der Waals surface area contributed by atoms with Gasteiger partial charge in [0, 0.05) is 19.3 Å². The van der Waals surface area contributed by atoms with E-state index in [-0.39, 0.29) is 31.1 Å². The maximum absolute atomic E-state index is 12.9. The summed E-state index contributed by atoms with van der Waals surface area (Å²) in [6.07, 6.45) is 70.7. The van der Waals surface area contributed by atoms with Crippen LogP contribution in [0.25, 0.3) is 0 Å². The Labute approximate surface area is 443 Å². The highest BCUT2D eigenvalue weighted by Crippen LogP contribution is 2.18. The Balaban J connectivity index is 4.29. The molecule has 0 amide bonds. The van der Waals surface area contributed by atoms with Crippen LogP contribution < -0.4 is 0 Å². The van der Waals surface area contributed by atoms with Crippen molar-refractivity contribution >= 4 is 17.9 Å². The lowest BCUT2D eigenvalue weighted by molar-refractivity contribution is -0.167. The highest BCUT2D eigenvalue weighted by atomic mass is 16.6. The van der Waals surface area contributed by atoms with Crippen LogP contribution in [0.15, 0.2) is 12.2 Å². The Morgan fingerprint density at radius 1 is 0.268 bits per heavy atom. The van der Waals surface area contributed by atoms with Crippen molar-refractivity contribution in [3.63, 3.8) is 0 Å². The first kappa shape index (κ1) is 69.2. The van der Waals surface area contributed by atoms with Crippen molar-refractivity contribution in [3.05, 3.63) is 12.2 Å². The highest BCUT2D eigenvalue weighted by molar-refractivity contribution is 5.71. The molecule has 0 aromatic heterocycles. The van der Waals surface area contributed by atoms with Gasteiger partial charge in [-0.25, -0.2) is 0 Å². The Hall–Kier alpha value is -1.85. The lowest BCUT2D eigenvalue weighted by Gasteiger charge is -2.18. The molecule has 0 radical (unpaired) electrons. The second kappa shape index (κ2) is 60.7. The first-order chi connectivity index (χ1) is 35.0. The summed E-state index contributed by atoms with van der Waals surface area (Å²) in [5.41, 5.74) is 0. The number of unbranched alkanes of at least 4 members (excludes halogenated alkanes) is 47. The highest BCUT2D eigenvalue weighted by Gasteiger charge is 2.19. The molecule has 0 spiro atoms. The molecule has 0 aliphatic heterocycles. The topological polar surface area (TPSA) is 78.9 Å². The zero-order valence-electron chi connectivity index (χ0n) is 48.3. The second-order valence-corrected chi connectivity index (χ2v) is 22.0. The number of esters is 3. The molecule has 0 saturated carbocycles. The van der Waals surface area contributed by atoms with Gasteiger partial charge in [0.15, 0.2) is 6.10 Å². The number of allylic oxidation sites excluding steroid dienone is 2. The van der Waals surface area contributed by atoms with Crippen LogP contribution in [-0.4, -0.2) is 37.2 Å². The lowest BCUT2D eigenvalue weighted by atomic mass is 10.0. The first-order valence-electron chi connectivity index (χ1n) is 32.2. The van der Waals surface area contributed by atoms with Crippen molar-refractivity contribution in [2.75, 3.05) is 13.2 Å². The fourth-order valence-electron chi connectivity index (χ4n) is 9.91. The normalized spacial score (nSPS) is 12.0. The van der Waals surface area contributed by atoms with Gasteiger partial charge >= 0.3 is 17.9 Å². The molecule has 0 N–H and O–H groups in total. The van der Waals surface area contributed by atoms with E-state index >= 15 is 0 Å². The molecule has 420 valence electrons. The van der Waals surface area contributed by atoms with Crippen molar-refractivity contribution in [3.8, 4) is 0 Å². The number of hydrogen-bond donors (Lipinski definition) is 0. The maximum Gasteiger partial charge on any atom is 0.306 e. The molecule has 0 aliphatic rings. The fourth-order valence-corrected chi connectivity index (χ4v) is 9.91. The van der Waals surface area contributed by atoms with Crippen molar-refractivity contribution in [2.45, 2.75) is 374 Å². The Bertz CT molecular complexity index is 1100. The Morgan fingerprint density at radius 2 is 0.465 bits per heavy atom. The van der Waals surface area contributed by atoms with Gasteiger partial charge in [-0.1, -0.05) is 315 Å². The molecule has 0 aromatic rings. The van der Waals surface area contributed by atoms with Crippen LogP contribution in [0.4, 0.5) is 0 Å². The molecule has 0 fully saturated rings. The molecule has 0 aliphatic carbocycles. The monoisotopic (exact) mass is 1000 g/mol. The predicted molar refractivity (Wildman–Crippen MR) is 307 cm³/mol. The average molecular weight is 1000 g/mol. The smallest absolute Gasteiger partial charge is 0.306 e. The molecular weight excluding hydrogens is 877 g/mol. The van der Waals surface area contributed by atoms with Crippen LogP contribution >= 0.6 is 0 Å². The zero-order valence-corrected chi connectivity index (χ0v) is 48.3. The van der Waals surface area contributed by atoms with Crippen LogP contribution in [0.2, 0.25) is 0 Å². The van der Waals surface area contributed by atoms with Gasteiger partial charge in [0.2, 0.25) is 0 Å². The van der Waals surface area contributed by atoms with Gasteiger partial charge in [-0.15, -0.1) is 0 Å². The summed E-state index contributed by atoms with van der Waals surface area (Å²) in [6.45, 7) is 6.71. The molecule has 6 nitrogen and oxygen atoms in total. The molecule has 0 unspecified atom stereocenters. The third-order valence-corrected chi connectivity index (χ3v) is 14.8. The van der Waals surface area contributed by atoms with E-state index in [4.69, 9.17) is 14.2 Å². The number of carbonyl (C=O) groups excluding carboxylic acids is 3. The largest absolute Gasteiger partial charge is 0.462 e.